The molecular weight excluding hydrogens is 345 g/mol. The Balaban J connectivity index is 1.80. The smallest absolute Gasteiger partial charge is 0.277 e. The third kappa shape index (κ3) is 3.14. The summed E-state index contributed by atoms with van der Waals surface area (Å²) in [7, 11) is -2.54. The number of quaternary nitrogens is 1. The van der Waals surface area contributed by atoms with E-state index in [1.165, 1.54) is 6.20 Å². The van der Waals surface area contributed by atoms with Crippen LogP contribution < -0.4 is 5.06 Å². The van der Waals surface area contributed by atoms with Gasteiger partial charge in [0.05, 0.1) is 0 Å². The predicted molar refractivity (Wildman–Crippen MR) is 87.4 cm³/mol. The van der Waals surface area contributed by atoms with Gasteiger partial charge in [0.15, 0.2) is 0 Å². The molecule has 2 unspecified atom stereocenters. The summed E-state index contributed by atoms with van der Waals surface area (Å²) < 4.78 is 21.8. The summed E-state index contributed by atoms with van der Waals surface area (Å²) in [6, 6.07) is 7.71. The van der Waals surface area contributed by atoms with E-state index < -0.39 is 19.7 Å². The van der Waals surface area contributed by atoms with Gasteiger partial charge in [-0.3, -0.25) is 0 Å². The molecule has 1 aliphatic heterocycles. The number of hydroxylamine groups is 2. The third-order valence-electron chi connectivity index (χ3n) is 3.83. The molecule has 0 saturated heterocycles. The van der Waals surface area contributed by atoms with Crippen LogP contribution in [0.2, 0.25) is 0 Å². The van der Waals surface area contributed by atoms with Gasteiger partial charge in [-0.15, -0.1) is 23.2 Å². The standard InChI is InChI=1S/C15H13Cl2NO3S/c16-15(17)9-13(15)11-5-3-10(4-6-11)8-12-2-1-7-18(19)14(12)22(20)21/h1-7,13,18H,8-9H2. The van der Waals surface area contributed by atoms with Crippen molar-refractivity contribution in [1.29, 1.82) is 0 Å². The van der Waals surface area contributed by atoms with Gasteiger partial charge in [-0.2, -0.15) is 8.42 Å². The molecule has 0 aromatic heterocycles. The van der Waals surface area contributed by atoms with E-state index in [9.17, 15) is 13.6 Å². The number of allylic oxidation sites excluding steroid dienone is 2. The molecule has 0 radical (unpaired) electrons. The quantitative estimate of drug-likeness (QED) is 0.509. The van der Waals surface area contributed by atoms with Crippen molar-refractivity contribution in [2.75, 3.05) is 0 Å². The number of hydrogen-bond acceptors (Lipinski definition) is 3. The minimum Gasteiger partial charge on any atom is -0.623 e. The number of halogens is 2. The first-order valence-electron chi connectivity index (χ1n) is 6.73. The molecule has 1 aromatic rings. The first-order chi connectivity index (χ1) is 10.4. The van der Waals surface area contributed by atoms with Gasteiger partial charge in [0.2, 0.25) is 0 Å². The fourth-order valence-electron chi connectivity index (χ4n) is 2.55. The Morgan fingerprint density at radius 2 is 1.91 bits per heavy atom. The Morgan fingerprint density at radius 3 is 2.45 bits per heavy atom. The van der Waals surface area contributed by atoms with Crippen LogP contribution >= 0.6 is 23.2 Å². The molecule has 1 aromatic carbocycles. The number of hydrogen-bond donors (Lipinski definition) is 1. The van der Waals surface area contributed by atoms with Crippen molar-refractivity contribution < 1.29 is 13.5 Å². The average molecular weight is 358 g/mol. The zero-order chi connectivity index (χ0) is 15.9. The maximum atomic E-state index is 11.7. The number of rotatable bonds is 3. The van der Waals surface area contributed by atoms with Crippen molar-refractivity contribution >= 4 is 38.5 Å². The van der Waals surface area contributed by atoms with Crippen molar-refractivity contribution in [3.63, 3.8) is 0 Å². The van der Waals surface area contributed by atoms with E-state index in [0.29, 0.717) is 12.0 Å². The van der Waals surface area contributed by atoms with Crippen LogP contribution in [0.3, 0.4) is 0 Å². The fraction of sp³-hybridized carbons (Fsp3) is 0.267. The van der Waals surface area contributed by atoms with Gasteiger partial charge >= 0.3 is 0 Å². The molecule has 4 nitrogen and oxygen atoms in total. The second kappa shape index (κ2) is 5.83. The van der Waals surface area contributed by atoms with Crippen LogP contribution in [0, 0.1) is 5.21 Å². The highest BCUT2D eigenvalue weighted by Gasteiger charge is 2.52. The molecule has 0 spiro atoms. The van der Waals surface area contributed by atoms with E-state index in [-0.39, 0.29) is 10.9 Å². The number of nitrogens with one attached hydrogen (secondary N) is 1. The Hall–Kier alpha value is -1.11. The molecule has 1 saturated carbocycles. The van der Waals surface area contributed by atoms with E-state index in [1.807, 2.05) is 24.3 Å². The molecular formula is C15H13Cl2NO3S. The zero-order valence-electron chi connectivity index (χ0n) is 11.4. The van der Waals surface area contributed by atoms with Crippen LogP contribution in [0.1, 0.15) is 23.5 Å². The lowest BCUT2D eigenvalue weighted by atomic mass is 10.0. The van der Waals surface area contributed by atoms with Crippen molar-refractivity contribution in [2.24, 2.45) is 0 Å². The van der Waals surface area contributed by atoms with Crippen molar-refractivity contribution in [2.45, 2.75) is 23.1 Å². The summed E-state index contributed by atoms with van der Waals surface area (Å²) >= 11 is 12.1. The topological polar surface area (TPSA) is 61.6 Å². The van der Waals surface area contributed by atoms with Crippen molar-refractivity contribution in [3.8, 4) is 0 Å². The summed E-state index contributed by atoms with van der Waals surface area (Å²) in [5, 5.41) is 11.2. The molecule has 2 atom stereocenters. The largest absolute Gasteiger partial charge is 0.623 e. The zero-order valence-corrected chi connectivity index (χ0v) is 13.8. The second-order valence-corrected chi connectivity index (χ2v) is 7.84. The highest BCUT2D eigenvalue weighted by molar-refractivity contribution is 7.72. The monoisotopic (exact) mass is 357 g/mol. The lowest BCUT2D eigenvalue weighted by Gasteiger charge is -2.21. The van der Waals surface area contributed by atoms with E-state index in [2.05, 4.69) is 0 Å². The normalized spacial score (nSPS) is 25.8. The van der Waals surface area contributed by atoms with Crippen molar-refractivity contribution in [3.05, 3.63) is 64.5 Å². The SMILES string of the molecule is O=S(=O)=C1C(Cc2ccc(C3CC3(Cl)Cl)cc2)=CC=C[NH+]1[O-]. The lowest BCUT2D eigenvalue weighted by Crippen LogP contribution is -3.06. The maximum absolute atomic E-state index is 11.7. The molecule has 1 fully saturated rings. The van der Waals surface area contributed by atoms with Crippen LogP contribution in [-0.4, -0.2) is 17.7 Å². The van der Waals surface area contributed by atoms with E-state index in [0.717, 1.165) is 17.5 Å². The third-order valence-corrected chi connectivity index (χ3v) is 5.46. The molecule has 1 N–H and O–H groups in total. The number of benzene rings is 1. The van der Waals surface area contributed by atoms with Gasteiger partial charge in [-0.25, -0.2) is 0 Å². The molecule has 7 heteroatoms. The Bertz CT molecular complexity index is 787. The van der Waals surface area contributed by atoms with Crippen LogP contribution in [0.25, 0.3) is 0 Å². The lowest BCUT2D eigenvalue weighted by molar-refractivity contribution is -0.680. The van der Waals surface area contributed by atoms with Gasteiger partial charge in [0, 0.05) is 17.9 Å². The maximum Gasteiger partial charge on any atom is 0.277 e. The van der Waals surface area contributed by atoms with Crippen LogP contribution in [0.5, 0.6) is 0 Å². The molecule has 1 heterocycles. The number of alkyl halides is 2. The van der Waals surface area contributed by atoms with Gasteiger partial charge in [0.25, 0.3) is 15.3 Å². The average Bonchev–Trinajstić information content (AvgIpc) is 3.08. The fourth-order valence-corrected chi connectivity index (χ4v) is 3.70. The summed E-state index contributed by atoms with van der Waals surface area (Å²) in [6.07, 6.45) is 5.61. The van der Waals surface area contributed by atoms with E-state index >= 15 is 0 Å². The Morgan fingerprint density at radius 1 is 1.27 bits per heavy atom. The van der Waals surface area contributed by atoms with Gasteiger partial charge in [-0.1, -0.05) is 24.3 Å². The molecule has 116 valence electrons. The highest BCUT2D eigenvalue weighted by atomic mass is 35.5. The molecule has 22 heavy (non-hydrogen) atoms. The molecule has 3 rings (SSSR count). The van der Waals surface area contributed by atoms with Crippen molar-refractivity contribution in [1.82, 2.24) is 0 Å². The molecule has 1 aliphatic carbocycles. The second-order valence-electron chi connectivity index (χ2n) is 5.42. The van der Waals surface area contributed by atoms with Crippen LogP contribution in [-0.2, 0) is 16.7 Å². The van der Waals surface area contributed by atoms with E-state index in [4.69, 9.17) is 23.2 Å². The summed E-state index contributed by atoms with van der Waals surface area (Å²) in [5.41, 5.74) is 2.50. The molecule has 2 aliphatic rings. The Kier molecular flexibility index (Phi) is 4.18. The van der Waals surface area contributed by atoms with Gasteiger partial charge < -0.3 is 10.3 Å². The Labute approximate surface area is 139 Å². The van der Waals surface area contributed by atoms with Crippen LogP contribution in [0.15, 0.2) is 48.2 Å². The summed E-state index contributed by atoms with van der Waals surface area (Å²) in [4.78, 5) is -0.158. The first kappa shape index (κ1) is 15.8. The minimum atomic E-state index is -2.54. The minimum absolute atomic E-state index is 0.152. The van der Waals surface area contributed by atoms with Gasteiger partial charge in [-0.05, 0) is 29.7 Å². The first-order valence-corrected chi connectivity index (χ1v) is 8.56. The van der Waals surface area contributed by atoms with Crippen LogP contribution in [0.4, 0.5) is 0 Å². The highest BCUT2D eigenvalue weighted by Crippen LogP contribution is 2.59. The van der Waals surface area contributed by atoms with Gasteiger partial charge in [0.1, 0.15) is 10.5 Å². The van der Waals surface area contributed by atoms with E-state index in [1.54, 1.807) is 12.2 Å². The summed E-state index contributed by atoms with van der Waals surface area (Å²) in [5.74, 6) is 0.152. The molecule has 0 amide bonds. The summed E-state index contributed by atoms with van der Waals surface area (Å²) in [6.45, 7) is 0. The predicted octanol–water partition coefficient (Wildman–Crippen LogP) is 1.74. The molecule has 0 bridgehead atoms.